The second kappa shape index (κ2) is 8.37. The van der Waals surface area contributed by atoms with Gasteiger partial charge in [0.1, 0.15) is 6.54 Å². The fourth-order valence-electron chi connectivity index (χ4n) is 2.52. The van der Waals surface area contributed by atoms with Crippen molar-refractivity contribution >= 4 is 51.0 Å². The van der Waals surface area contributed by atoms with Crippen LogP contribution in [-0.2, 0) is 20.8 Å². The van der Waals surface area contributed by atoms with E-state index >= 15 is 0 Å². The Bertz CT molecular complexity index is 1150. The summed E-state index contributed by atoms with van der Waals surface area (Å²) in [6.07, 6.45) is 0. The molecule has 0 bridgehead atoms. The number of hydrogen-bond donors (Lipinski definition) is 0. The molecule has 1 amide bonds. The van der Waals surface area contributed by atoms with Gasteiger partial charge in [0, 0.05) is 10.6 Å². The average molecular weight is 419 g/mol. The third-order valence-electron chi connectivity index (χ3n) is 3.89. The number of benzene rings is 2. The summed E-state index contributed by atoms with van der Waals surface area (Å²) in [6, 6.07) is 11.3. The molecule has 0 aliphatic rings. The summed E-state index contributed by atoms with van der Waals surface area (Å²) in [5.74, 6) is -1.47. The molecule has 3 rings (SSSR count). The van der Waals surface area contributed by atoms with Gasteiger partial charge in [0.15, 0.2) is 4.80 Å². The number of thiazole rings is 1. The van der Waals surface area contributed by atoms with Crippen molar-refractivity contribution in [2.75, 3.05) is 14.2 Å². The summed E-state index contributed by atoms with van der Waals surface area (Å²) in [5, 5.41) is 0.419. The van der Waals surface area contributed by atoms with Crippen molar-refractivity contribution in [3.05, 3.63) is 63.4 Å². The highest BCUT2D eigenvalue weighted by molar-refractivity contribution is 7.16. The van der Waals surface area contributed by atoms with Crippen LogP contribution in [-0.4, -0.2) is 36.6 Å². The maximum absolute atomic E-state index is 12.5. The van der Waals surface area contributed by atoms with Crippen molar-refractivity contribution in [2.45, 2.75) is 6.54 Å². The zero-order valence-electron chi connectivity index (χ0n) is 15.0. The van der Waals surface area contributed by atoms with Crippen molar-refractivity contribution in [1.29, 1.82) is 0 Å². The van der Waals surface area contributed by atoms with Gasteiger partial charge in [-0.25, -0.2) is 4.79 Å². The van der Waals surface area contributed by atoms with Gasteiger partial charge >= 0.3 is 11.9 Å². The van der Waals surface area contributed by atoms with Gasteiger partial charge in [-0.2, -0.15) is 4.99 Å². The minimum absolute atomic E-state index is 0.129. The number of esters is 2. The van der Waals surface area contributed by atoms with Crippen LogP contribution in [0.4, 0.5) is 0 Å². The summed E-state index contributed by atoms with van der Waals surface area (Å²) in [7, 11) is 2.57. The van der Waals surface area contributed by atoms with Crippen molar-refractivity contribution in [3.63, 3.8) is 0 Å². The molecule has 28 heavy (non-hydrogen) atoms. The molecule has 7 nitrogen and oxygen atoms in total. The van der Waals surface area contributed by atoms with Crippen LogP contribution < -0.4 is 4.80 Å². The van der Waals surface area contributed by atoms with E-state index in [4.69, 9.17) is 21.1 Å². The quantitative estimate of drug-likeness (QED) is 0.608. The van der Waals surface area contributed by atoms with Crippen LogP contribution in [0.3, 0.4) is 0 Å². The van der Waals surface area contributed by atoms with Crippen LogP contribution in [0.15, 0.2) is 47.5 Å². The largest absolute Gasteiger partial charge is 0.468 e. The number of methoxy groups -OCH3 is 2. The predicted octanol–water partition coefficient (Wildman–Crippen LogP) is 3.06. The molecule has 0 spiro atoms. The van der Waals surface area contributed by atoms with Gasteiger partial charge in [0.05, 0.1) is 30.0 Å². The van der Waals surface area contributed by atoms with E-state index in [-0.39, 0.29) is 6.54 Å². The first kappa shape index (κ1) is 19.8. The minimum atomic E-state index is -0.499. The van der Waals surface area contributed by atoms with E-state index < -0.39 is 17.8 Å². The number of ether oxygens (including phenoxy) is 2. The third kappa shape index (κ3) is 4.13. The number of aromatic nitrogens is 1. The molecule has 9 heteroatoms. The number of rotatable bonds is 4. The van der Waals surface area contributed by atoms with E-state index in [0.29, 0.717) is 31.2 Å². The highest BCUT2D eigenvalue weighted by Crippen LogP contribution is 2.20. The molecule has 2 aromatic carbocycles. The maximum atomic E-state index is 12.5. The van der Waals surface area contributed by atoms with E-state index in [2.05, 4.69) is 4.99 Å². The van der Waals surface area contributed by atoms with Gasteiger partial charge in [-0.3, -0.25) is 9.59 Å². The number of carbonyl (C=O) groups excluding carboxylic acids is 3. The van der Waals surface area contributed by atoms with Crippen LogP contribution in [0.2, 0.25) is 5.02 Å². The lowest BCUT2D eigenvalue weighted by atomic mass is 10.2. The Labute approximate surface area is 168 Å². The number of nitrogens with zero attached hydrogens (tertiary/aromatic N) is 2. The number of fused-ring (bicyclic) bond motifs is 1. The van der Waals surface area contributed by atoms with Crippen molar-refractivity contribution in [3.8, 4) is 0 Å². The summed E-state index contributed by atoms with van der Waals surface area (Å²) in [6.45, 7) is -0.129. The van der Waals surface area contributed by atoms with Crippen molar-refractivity contribution in [1.82, 2.24) is 4.57 Å². The first-order valence-electron chi connectivity index (χ1n) is 8.06. The predicted molar refractivity (Wildman–Crippen MR) is 105 cm³/mol. The first-order chi connectivity index (χ1) is 13.4. The van der Waals surface area contributed by atoms with Gasteiger partial charge < -0.3 is 14.0 Å². The first-order valence-corrected chi connectivity index (χ1v) is 9.25. The molecule has 0 aliphatic carbocycles. The summed E-state index contributed by atoms with van der Waals surface area (Å²) >= 11 is 7.11. The third-order valence-corrected chi connectivity index (χ3v) is 5.16. The van der Waals surface area contributed by atoms with Crippen LogP contribution in [0.25, 0.3) is 10.2 Å². The second-order valence-corrected chi connectivity index (χ2v) is 7.09. The Balaban J connectivity index is 2.15. The van der Waals surface area contributed by atoms with Crippen LogP contribution in [0.1, 0.15) is 20.7 Å². The van der Waals surface area contributed by atoms with Crippen LogP contribution >= 0.6 is 22.9 Å². The molecule has 0 saturated carbocycles. The summed E-state index contributed by atoms with van der Waals surface area (Å²) in [4.78, 5) is 40.6. The molecule has 0 unspecified atom stereocenters. The van der Waals surface area contributed by atoms with E-state index in [9.17, 15) is 14.4 Å². The average Bonchev–Trinajstić information content (AvgIpc) is 3.03. The molecule has 0 saturated heterocycles. The van der Waals surface area contributed by atoms with Crippen LogP contribution in [0.5, 0.6) is 0 Å². The lowest BCUT2D eigenvalue weighted by Crippen LogP contribution is -2.22. The van der Waals surface area contributed by atoms with E-state index in [1.54, 1.807) is 41.0 Å². The lowest BCUT2D eigenvalue weighted by molar-refractivity contribution is -0.141. The minimum Gasteiger partial charge on any atom is -0.468 e. The molecule has 0 N–H and O–H groups in total. The molecule has 0 aliphatic heterocycles. The Hall–Kier alpha value is -2.97. The topological polar surface area (TPSA) is 87.0 Å². The Morgan fingerprint density at radius 3 is 2.54 bits per heavy atom. The zero-order valence-corrected chi connectivity index (χ0v) is 16.5. The molecular weight excluding hydrogens is 404 g/mol. The standard InChI is InChI=1S/C19H15ClN2O5S/c1-26-16(23)10-22-14-7-6-12(18(25)27-2)9-15(14)28-19(22)21-17(24)11-4-3-5-13(20)8-11/h3-9H,10H2,1-2H3. The smallest absolute Gasteiger partial charge is 0.337 e. The van der Waals surface area contributed by atoms with E-state index in [1.807, 2.05) is 0 Å². The molecule has 0 atom stereocenters. The molecule has 144 valence electrons. The van der Waals surface area contributed by atoms with Crippen LogP contribution in [0, 0.1) is 0 Å². The Morgan fingerprint density at radius 1 is 1.07 bits per heavy atom. The van der Waals surface area contributed by atoms with E-state index in [0.717, 1.165) is 0 Å². The number of amides is 1. The highest BCUT2D eigenvalue weighted by Gasteiger charge is 2.15. The molecular formula is C19H15ClN2O5S. The number of carbonyl (C=O) groups is 3. The van der Waals surface area contributed by atoms with Gasteiger partial charge in [-0.05, 0) is 36.4 Å². The lowest BCUT2D eigenvalue weighted by Gasteiger charge is -2.04. The van der Waals surface area contributed by atoms with Gasteiger partial charge in [0.2, 0.25) is 0 Å². The highest BCUT2D eigenvalue weighted by atomic mass is 35.5. The van der Waals surface area contributed by atoms with Gasteiger partial charge in [0.25, 0.3) is 5.91 Å². The maximum Gasteiger partial charge on any atom is 0.337 e. The normalized spacial score (nSPS) is 11.5. The monoisotopic (exact) mass is 418 g/mol. The fraction of sp³-hybridized carbons (Fsp3) is 0.158. The second-order valence-electron chi connectivity index (χ2n) is 5.65. The number of halogens is 1. The summed E-state index contributed by atoms with van der Waals surface area (Å²) in [5.41, 5.74) is 1.32. The molecule has 0 radical (unpaired) electrons. The van der Waals surface area contributed by atoms with E-state index in [1.165, 1.54) is 31.6 Å². The van der Waals surface area contributed by atoms with Crippen molar-refractivity contribution in [2.24, 2.45) is 4.99 Å². The van der Waals surface area contributed by atoms with Gasteiger partial charge in [-0.15, -0.1) is 0 Å². The Morgan fingerprint density at radius 2 is 1.86 bits per heavy atom. The molecule has 0 fully saturated rings. The number of hydrogen-bond acceptors (Lipinski definition) is 6. The SMILES string of the molecule is COC(=O)Cn1c(=NC(=O)c2cccc(Cl)c2)sc2cc(C(=O)OC)ccc21. The van der Waals surface area contributed by atoms with Crippen molar-refractivity contribution < 1.29 is 23.9 Å². The molecule has 1 heterocycles. The Kier molecular flexibility index (Phi) is 5.91. The molecule has 3 aromatic rings. The fourth-order valence-corrected chi connectivity index (χ4v) is 3.78. The zero-order chi connectivity index (χ0) is 20.3. The molecule has 1 aromatic heterocycles. The van der Waals surface area contributed by atoms with Gasteiger partial charge in [-0.1, -0.05) is 29.0 Å². The summed E-state index contributed by atoms with van der Waals surface area (Å²) < 4.78 is 11.7.